The van der Waals surface area contributed by atoms with Crippen molar-refractivity contribution in [2.75, 3.05) is 0 Å². The molecule has 70 valence electrons. The van der Waals surface area contributed by atoms with Crippen LogP contribution in [0.5, 0.6) is 0 Å². The summed E-state index contributed by atoms with van der Waals surface area (Å²) in [4.78, 5) is 4.49. The molecule has 0 heterocycles. The molecule has 13 heavy (non-hydrogen) atoms. The molecule has 1 heteroatoms. The van der Waals surface area contributed by atoms with E-state index in [4.69, 9.17) is 0 Å². The average molecular weight is 175 g/mol. The van der Waals surface area contributed by atoms with Crippen LogP contribution in [0.4, 0.5) is 0 Å². The summed E-state index contributed by atoms with van der Waals surface area (Å²) < 4.78 is 0. The van der Waals surface area contributed by atoms with E-state index in [9.17, 15) is 0 Å². The van der Waals surface area contributed by atoms with Crippen LogP contribution in [-0.2, 0) is 6.42 Å². The van der Waals surface area contributed by atoms with Crippen LogP contribution in [0.1, 0.15) is 26.3 Å². The van der Waals surface area contributed by atoms with Gasteiger partial charge in [-0.1, -0.05) is 30.3 Å². The Hall–Kier alpha value is -1.11. The second kappa shape index (κ2) is 4.80. The Kier molecular flexibility index (Phi) is 3.69. The van der Waals surface area contributed by atoms with Gasteiger partial charge in [0.1, 0.15) is 0 Å². The minimum atomic E-state index is 0.406. The summed E-state index contributed by atoms with van der Waals surface area (Å²) in [7, 11) is 0. The lowest BCUT2D eigenvalue weighted by Gasteiger charge is -2.03. The smallest absolute Gasteiger partial charge is 0.0442 e. The molecule has 0 radical (unpaired) electrons. The van der Waals surface area contributed by atoms with Crippen molar-refractivity contribution in [3.63, 3.8) is 0 Å². The predicted molar refractivity (Wildman–Crippen MR) is 58.4 cm³/mol. The summed E-state index contributed by atoms with van der Waals surface area (Å²) in [5.74, 6) is 0. The largest absolute Gasteiger partial charge is 0.291 e. The predicted octanol–water partition coefficient (Wildman–Crippen LogP) is 3.10. The van der Waals surface area contributed by atoms with Gasteiger partial charge in [-0.3, -0.25) is 4.99 Å². The van der Waals surface area contributed by atoms with E-state index in [1.165, 1.54) is 11.3 Å². The molecule has 1 aromatic rings. The van der Waals surface area contributed by atoms with Crippen LogP contribution in [0.3, 0.4) is 0 Å². The molecule has 0 saturated carbocycles. The van der Waals surface area contributed by atoms with Gasteiger partial charge in [-0.25, -0.2) is 0 Å². The highest BCUT2D eigenvalue weighted by molar-refractivity contribution is 5.84. The number of aliphatic imine (C=N–C) groups is 1. The van der Waals surface area contributed by atoms with E-state index in [1.54, 1.807) is 0 Å². The number of nitrogens with zero attached hydrogens (tertiary/aromatic N) is 1. The molecule has 0 bridgehead atoms. The van der Waals surface area contributed by atoms with Crippen LogP contribution in [0.2, 0.25) is 0 Å². The van der Waals surface area contributed by atoms with Crippen molar-refractivity contribution in [1.82, 2.24) is 0 Å². The molecule has 1 nitrogen and oxygen atoms in total. The Morgan fingerprint density at radius 1 is 1.23 bits per heavy atom. The summed E-state index contributed by atoms with van der Waals surface area (Å²) in [6, 6.07) is 10.9. The fourth-order valence-corrected chi connectivity index (χ4v) is 1.38. The quantitative estimate of drug-likeness (QED) is 0.626. The number of hydrogen-bond donors (Lipinski definition) is 0. The van der Waals surface area contributed by atoms with E-state index in [0.29, 0.717) is 6.04 Å². The molecule has 0 aromatic heterocycles. The lowest BCUT2D eigenvalue weighted by molar-refractivity contribution is 0.831. The standard InChI is InChI=1S/C12H17N/c1-10(2)13-11(3)9-12-7-5-4-6-8-12/h4-8,10H,9H2,1-3H3. The van der Waals surface area contributed by atoms with Crippen molar-refractivity contribution in [1.29, 1.82) is 0 Å². The summed E-state index contributed by atoms with van der Waals surface area (Å²) in [5, 5.41) is 0. The molecule has 0 fully saturated rings. The Bertz CT molecular complexity index is 272. The lowest BCUT2D eigenvalue weighted by Crippen LogP contribution is -2.01. The first kappa shape index (κ1) is 9.97. The van der Waals surface area contributed by atoms with E-state index in [-0.39, 0.29) is 0 Å². The number of rotatable bonds is 3. The van der Waals surface area contributed by atoms with E-state index in [1.807, 2.05) is 6.07 Å². The van der Waals surface area contributed by atoms with Crippen molar-refractivity contribution in [3.05, 3.63) is 35.9 Å². The molecule has 0 aliphatic rings. The third kappa shape index (κ3) is 3.88. The van der Waals surface area contributed by atoms with Crippen LogP contribution in [0.25, 0.3) is 0 Å². The highest BCUT2D eigenvalue weighted by Crippen LogP contribution is 2.01. The van der Waals surface area contributed by atoms with Crippen molar-refractivity contribution < 1.29 is 0 Å². The Balaban J connectivity index is 2.60. The van der Waals surface area contributed by atoms with Gasteiger partial charge < -0.3 is 0 Å². The van der Waals surface area contributed by atoms with Crippen molar-refractivity contribution in [3.8, 4) is 0 Å². The van der Waals surface area contributed by atoms with E-state index in [0.717, 1.165) is 6.42 Å². The molecule has 0 N–H and O–H groups in total. The minimum Gasteiger partial charge on any atom is -0.291 e. The van der Waals surface area contributed by atoms with E-state index < -0.39 is 0 Å². The maximum Gasteiger partial charge on any atom is 0.0442 e. The molecule has 0 unspecified atom stereocenters. The fourth-order valence-electron chi connectivity index (χ4n) is 1.38. The lowest BCUT2D eigenvalue weighted by atomic mass is 10.1. The summed E-state index contributed by atoms with van der Waals surface area (Å²) in [6.07, 6.45) is 0.971. The molecule has 0 aliphatic carbocycles. The second-order valence-corrected chi connectivity index (χ2v) is 3.62. The number of hydrogen-bond acceptors (Lipinski definition) is 1. The van der Waals surface area contributed by atoms with Crippen LogP contribution < -0.4 is 0 Å². The SMILES string of the molecule is CC(Cc1ccccc1)=NC(C)C. The van der Waals surface area contributed by atoms with Crippen molar-refractivity contribution in [2.45, 2.75) is 33.2 Å². The maximum absolute atomic E-state index is 4.49. The fraction of sp³-hybridized carbons (Fsp3) is 0.417. The molecule has 0 aliphatic heterocycles. The topological polar surface area (TPSA) is 12.4 Å². The van der Waals surface area contributed by atoms with Crippen LogP contribution in [0, 0.1) is 0 Å². The molecule has 0 spiro atoms. The molecule has 0 atom stereocenters. The van der Waals surface area contributed by atoms with Gasteiger partial charge in [-0.05, 0) is 26.3 Å². The van der Waals surface area contributed by atoms with E-state index in [2.05, 4.69) is 50.0 Å². The zero-order valence-corrected chi connectivity index (χ0v) is 8.62. The van der Waals surface area contributed by atoms with Crippen LogP contribution >= 0.6 is 0 Å². The van der Waals surface area contributed by atoms with Gasteiger partial charge in [0.05, 0.1) is 0 Å². The first-order chi connectivity index (χ1) is 6.18. The summed E-state index contributed by atoms with van der Waals surface area (Å²) >= 11 is 0. The molecular formula is C12H17N. The highest BCUT2D eigenvalue weighted by Gasteiger charge is 1.95. The van der Waals surface area contributed by atoms with E-state index >= 15 is 0 Å². The van der Waals surface area contributed by atoms with Crippen LogP contribution in [0.15, 0.2) is 35.3 Å². The molecule has 0 saturated heterocycles. The highest BCUT2D eigenvalue weighted by atomic mass is 14.8. The summed E-state index contributed by atoms with van der Waals surface area (Å²) in [6.45, 7) is 6.30. The van der Waals surface area contributed by atoms with Gasteiger partial charge in [0, 0.05) is 18.2 Å². The van der Waals surface area contributed by atoms with Gasteiger partial charge in [-0.15, -0.1) is 0 Å². The zero-order valence-electron chi connectivity index (χ0n) is 8.62. The van der Waals surface area contributed by atoms with Gasteiger partial charge in [-0.2, -0.15) is 0 Å². The normalized spacial score (nSPS) is 12.2. The Morgan fingerprint density at radius 3 is 2.38 bits per heavy atom. The maximum atomic E-state index is 4.49. The average Bonchev–Trinajstić information content (AvgIpc) is 2.04. The minimum absolute atomic E-state index is 0.406. The van der Waals surface area contributed by atoms with Gasteiger partial charge in [0.15, 0.2) is 0 Å². The van der Waals surface area contributed by atoms with Crippen molar-refractivity contribution in [2.24, 2.45) is 4.99 Å². The molecule has 1 rings (SSSR count). The number of benzene rings is 1. The monoisotopic (exact) mass is 175 g/mol. The third-order valence-electron chi connectivity index (χ3n) is 1.78. The van der Waals surface area contributed by atoms with Gasteiger partial charge in [0.25, 0.3) is 0 Å². The zero-order chi connectivity index (χ0) is 9.68. The van der Waals surface area contributed by atoms with Crippen molar-refractivity contribution >= 4 is 5.71 Å². The third-order valence-corrected chi connectivity index (χ3v) is 1.78. The molecular weight excluding hydrogens is 158 g/mol. The second-order valence-electron chi connectivity index (χ2n) is 3.62. The molecule has 0 amide bonds. The Labute approximate surface area is 80.5 Å². The summed E-state index contributed by atoms with van der Waals surface area (Å²) in [5.41, 5.74) is 2.55. The molecule has 1 aromatic carbocycles. The Morgan fingerprint density at radius 2 is 1.85 bits per heavy atom. The first-order valence-electron chi connectivity index (χ1n) is 4.75. The van der Waals surface area contributed by atoms with Gasteiger partial charge in [0.2, 0.25) is 0 Å². The first-order valence-corrected chi connectivity index (χ1v) is 4.75. The van der Waals surface area contributed by atoms with Gasteiger partial charge >= 0.3 is 0 Å². The van der Waals surface area contributed by atoms with Crippen LogP contribution in [-0.4, -0.2) is 11.8 Å².